The molecule has 1 aromatic carbocycles. The average molecular weight is 471 g/mol. The lowest BCUT2D eigenvalue weighted by atomic mass is 10.1. The van der Waals surface area contributed by atoms with Gasteiger partial charge in [0.2, 0.25) is 5.91 Å². The molecule has 34 heavy (non-hydrogen) atoms. The van der Waals surface area contributed by atoms with Crippen LogP contribution in [0.3, 0.4) is 0 Å². The van der Waals surface area contributed by atoms with Crippen molar-refractivity contribution in [2.75, 3.05) is 5.32 Å². The largest absolute Gasteiger partial charge is 0.416 e. The zero-order valence-electron chi connectivity index (χ0n) is 17.6. The maximum Gasteiger partial charge on any atom is 0.416 e. The van der Waals surface area contributed by atoms with Crippen LogP contribution >= 0.6 is 0 Å². The van der Waals surface area contributed by atoms with Crippen molar-refractivity contribution in [3.8, 4) is 11.4 Å². The number of amides is 1. The molecule has 0 bridgehead atoms. The summed E-state index contributed by atoms with van der Waals surface area (Å²) in [6, 6.07) is 9.27. The van der Waals surface area contributed by atoms with Crippen LogP contribution in [0.4, 0.5) is 29.2 Å². The van der Waals surface area contributed by atoms with Crippen LogP contribution in [0.2, 0.25) is 0 Å². The van der Waals surface area contributed by atoms with Gasteiger partial charge in [-0.25, -0.2) is 19.0 Å². The molecule has 0 aliphatic carbocycles. The van der Waals surface area contributed by atoms with Crippen LogP contribution in [-0.2, 0) is 11.0 Å². The average Bonchev–Trinajstić information content (AvgIpc) is 3.24. The number of hydrogen-bond acceptors (Lipinski definition) is 6. The van der Waals surface area contributed by atoms with Gasteiger partial charge in [0.15, 0.2) is 6.04 Å². The molecule has 0 aliphatic rings. The summed E-state index contributed by atoms with van der Waals surface area (Å²) in [6.45, 7) is 1.77. The van der Waals surface area contributed by atoms with Crippen LogP contribution in [0.1, 0.15) is 22.7 Å². The van der Waals surface area contributed by atoms with Crippen LogP contribution in [-0.4, -0.2) is 30.9 Å². The monoisotopic (exact) mass is 471 g/mol. The lowest BCUT2D eigenvalue weighted by molar-refractivity contribution is -0.137. The number of nitrogens with zero attached hydrogens (tertiary/aromatic N) is 5. The zero-order valence-corrected chi connectivity index (χ0v) is 17.6. The van der Waals surface area contributed by atoms with Gasteiger partial charge in [0, 0.05) is 6.20 Å². The van der Waals surface area contributed by atoms with Crippen molar-refractivity contribution in [2.24, 2.45) is 5.73 Å². The first-order valence-corrected chi connectivity index (χ1v) is 9.86. The number of halogens is 4. The van der Waals surface area contributed by atoms with Crippen molar-refractivity contribution >= 4 is 17.5 Å². The number of aryl methyl sites for hydroxylation is 1. The molecule has 0 radical (unpaired) electrons. The number of hydrogen-bond donors (Lipinski definition) is 2. The number of alkyl halides is 3. The van der Waals surface area contributed by atoms with E-state index in [9.17, 15) is 22.4 Å². The van der Waals surface area contributed by atoms with Crippen LogP contribution in [0.15, 0.2) is 60.9 Å². The summed E-state index contributed by atoms with van der Waals surface area (Å²) < 4.78 is 53.4. The van der Waals surface area contributed by atoms with Gasteiger partial charge < -0.3 is 11.1 Å². The number of anilines is 2. The zero-order chi connectivity index (χ0) is 24.5. The highest BCUT2D eigenvalue weighted by atomic mass is 19.4. The van der Waals surface area contributed by atoms with Gasteiger partial charge in [-0.05, 0) is 54.4 Å². The van der Waals surface area contributed by atoms with Gasteiger partial charge in [0.25, 0.3) is 0 Å². The third kappa shape index (κ3) is 5.00. The van der Waals surface area contributed by atoms with E-state index in [0.717, 1.165) is 23.9 Å². The Bertz CT molecular complexity index is 1340. The molecule has 174 valence electrons. The Morgan fingerprint density at radius 2 is 1.79 bits per heavy atom. The van der Waals surface area contributed by atoms with Gasteiger partial charge in [-0.2, -0.15) is 13.2 Å². The highest BCUT2D eigenvalue weighted by Crippen LogP contribution is 2.31. The van der Waals surface area contributed by atoms with Crippen molar-refractivity contribution in [2.45, 2.75) is 19.1 Å². The Morgan fingerprint density at radius 1 is 1.06 bits per heavy atom. The molecule has 0 saturated heterocycles. The molecular formula is C22H17F4N7O. The molecule has 3 N–H and O–H groups in total. The minimum atomic E-state index is -4.51. The number of pyridine rings is 2. The topological polar surface area (TPSA) is 112 Å². The fourth-order valence-electron chi connectivity index (χ4n) is 3.28. The molecular weight excluding hydrogens is 454 g/mol. The molecule has 0 fully saturated rings. The predicted molar refractivity (Wildman–Crippen MR) is 114 cm³/mol. The Kier molecular flexibility index (Phi) is 5.97. The summed E-state index contributed by atoms with van der Waals surface area (Å²) >= 11 is 0. The summed E-state index contributed by atoms with van der Waals surface area (Å²) in [5.41, 5.74) is 6.47. The maximum absolute atomic E-state index is 13.3. The smallest absolute Gasteiger partial charge is 0.368 e. The number of primary amides is 1. The standard InChI is InChI=1S/C22H17F4N7O/c1-12-8-16(29-19(9-12)30-18-10-14(6-7-28-18)22(24,25)26)17-11-33(32-31-17)20(21(27)34)13-2-4-15(23)5-3-13/h2-11,20H,1H3,(H2,27,34)(H,28,29,30). The fraction of sp³-hybridized carbons (Fsp3) is 0.136. The van der Waals surface area contributed by atoms with E-state index >= 15 is 0 Å². The third-order valence-corrected chi connectivity index (χ3v) is 4.81. The van der Waals surface area contributed by atoms with E-state index < -0.39 is 29.5 Å². The number of nitrogens with two attached hydrogens (primary N) is 1. The second-order valence-electron chi connectivity index (χ2n) is 7.41. The number of aromatic nitrogens is 5. The van der Waals surface area contributed by atoms with Crippen LogP contribution < -0.4 is 11.1 Å². The Balaban J connectivity index is 1.64. The van der Waals surface area contributed by atoms with E-state index in [-0.39, 0.29) is 17.3 Å². The summed E-state index contributed by atoms with van der Waals surface area (Å²) in [7, 11) is 0. The van der Waals surface area contributed by atoms with E-state index in [2.05, 4.69) is 25.6 Å². The summed E-state index contributed by atoms with van der Waals surface area (Å²) in [5, 5.41) is 10.8. The molecule has 8 nitrogen and oxygen atoms in total. The lowest BCUT2D eigenvalue weighted by Crippen LogP contribution is -2.28. The molecule has 0 saturated carbocycles. The number of carbonyl (C=O) groups excluding carboxylic acids is 1. The van der Waals surface area contributed by atoms with Crippen molar-refractivity contribution in [1.29, 1.82) is 0 Å². The second kappa shape index (κ2) is 8.89. The first-order valence-electron chi connectivity index (χ1n) is 9.86. The number of rotatable bonds is 6. The second-order valence-corrected chi connectivity index (χ2v) is 7.41. The Hall–Kier alpha value is -4.35. The molecule has 0 aliphatic heterocycles. The Labute approximate surface area is 190 Å². The number of benzene rings is 1. The molecule has 3 aromatic heterocycles. The summed E-state index contributed by atoms with van der Waals surface area (Å²) in [5.74, 6) is -0.988. The summed E-state index contributed by atoms with van der Waals surface area (Å²) in [6.07, 6.45) is -2.01. The van der Waals surface area contributed by atoms with Crippen molar-refractivity contribution in [3.05, 3.63) is 83.4 Å². The molecule has 1 atom stereocenters. The van der Waals surface area contributed by atoms with Gasteiger partial charge in [0.1, 0.15) is 23.1 Å². The van der Waals surface area contributed by atoms with E-state index in [1.807, 2.05) is 0 Å². The lowest BCUT2D eigenvalue weighted by Gasteiger charge is -2.13. The minimum Gasteiger partial charge on any atom is -0.368 e. The highest BCUT2D eigenvalue weighted by molar-refractivity contribution is 5.81. The predicted octanol–water partition coefficient (Wildman–Crippen LogP) is 4.02. The third-order valence-electron chi connectivity index (χ3n) is 4.81. The quantitative estimate of drug-likeness (QED) is 0.411. The van der Waals surface area contributed by atoms with Gasteiger partial charge in [-0.15, -0.1) is 5.10 Å². The van der Waals surface area contributed by atoms with Crippen LogP contribution in [0.25, 0.3) is 11.4 Å². The fourth-order valence-corrected chi connectivity index (χ4v) is 3.28. The van der Waals surface area contributed by atoms with E-state index in [0.29, 0.717) is 11.3 Å². The Morgan fingerprint density at radius 3 is 2.47 bits per heavy atom. The van der Waals surface area contributed by atoms with Crippen LogP contribution in [0, 0.1) is 12.7 Å². The van der Waals surface area contributed by atoms with E-state index in [1.54, 1.807) is 19.1 Å². The normalized spacial score (nSPS) is 12.4. The van der Waals surface area contributed by atoms with Gasteiger partial charge in [-0.1, -0.05) is 17.3 Å². The van der Waals surface area contributed by atoms with E-state index in [1.165, 1.54) is 35.1 Å². The molecule has 4 aromatic rings. The van der Waals surface area contributed by atoms with Gasteiger partial charge >= 0.3 is 6.18 Å². The van der Waals surface area contributed by atoms with E-state index in [4.69, 9.17) is 5.73 Å². The van der Waals surface area contributed by atoms with Crippen molar-refractivity contribution < 1.29 is 22.4 Å². The van der Waals surface area contributed by atoms with Crippen LogP contribution in [0.5, 0.6) is 0 Å². The summed E-state index contributed by atoms with van der Waals surface area (Å²) in [4.78, 5) is 20.4. The molecule has 12 heteroatoms. The number of nitrogens with one attached hydrogen (secondary N) is 1. The highest BCUT2D eigenvalue weighted by Gasteiger charge is 2.30. The molecule has 0 spiro atoms. The molecule has 1 unspecified atom stereocenters. The van der Waals surface area contributed by atoms with Gasteiger partial charge in [-0.3, -0.25) is 4.79 Å². The SMILES string of the molecule is Cc1cc(Nc2cc(C(F)(F)F)ccn2)nc(-c2cn(C(C(N)=O)c3ccc(F)cc3)nn2)c1. The maximum atomic E-state index is 13.3. The molecule has 4 rings (SSSR count). The van der Waals surface area contributed by atoms with Gasteiger partial charge in [0.05, 0.1) is 17.5 Å². The number of carbonyl (C=O) groups is 1. The van der Waals surface area contributed by atoms with Crippen molar-refractivity contribution in [3.63, 3.8) is 0 Å². The first-order chi connectivity index (χ1) is 16.1. The molecule has 1 amide bonds. The minimum absolute atomic E-state index is 0.0346. The first kappa shape index (κ1) is 22.8. The van der Waals surface area contributed by atoms with Crippen molar-refractivity contribution in [1.82, 2.24) is 25.0 Å². The molecule has 3 heterocycles.